The van der Waals surface area contributed by atoms with Crippen molar-refractivity contribution >= 4 is 0 Å². The lowest BCUT2D eigenvalue weighted by Gasteiger charge is -2.03. The first kappa shape index (κ1) is 10.9. The number of pyridine rings is 1. The van der Waals surface area contributed by atoms with E-state index in [0.717, 1.165) is 18.5 Å². The second-order valence-corrected chi connectivity index (χ2v) is 3.96. The van der Waals surface area contributed by atoms with Crippen molar-refractivity contribution in [3.8, 4) is 0 Å². The second kappa shape index (κ2) is 4.94. The second-order valence-electron chi connectivity index (χ2n) is 3.96. The maximum absolute atomic E-state index is 9.40. The lowest BCUT2D eigenvalue weighted by atomic mass is 10.2. The molecule has 0 aromatic carbocycles. The molecule has 0 aliphatic rings. The first-order valence-electron chi connectivity index (χ1n) is 5.48. The van der Waals surface area contributed by atoms with Crippen molar-refractivity contribution in [2.45, 2.75) is 26.0 Å². The van der Waals surface area contributed by atoms with E-state index in [1.807, 2.05) is 43.0 Å². The van der Waals surface area contributed by atoms with Gasteiger partial charge in [-0.1, -0.05) is 0 Å². The van der Waals surface area contributed by atoms with Gasteiger partial charge in [0.05, 0.1) is 6.10 Å². The Labute approximate surface area is 95.4 Å². The lowest BCUT2D eigenvalue weighted by Crippen LogP contribution is -1.98. The van der Waals surface area contributed by atoms with E-state index in [-0.39, 0.29) is 6.10 Å². The summed E-state index contributed by atoms with van der Waals surface area (Å²) in [7, 11) is 0. The fourth-order valence-corrected chi connectivity index (χ4v) is 1.65. The molecule has 2 rings (SSSR count). The Balaban J connectivity index is 1.95. The van der Waals surface area contributed by atoms with E-state index >= 15 is 0 Å². The number of aliphatic hydroxyl groups excluding tert-OH is 1. The monoisotopic (exact) mass is 216 g/mol. The minimum absolute atomic E-state index is 0.387. The molecule has 2 aromatic rings. The van der Waals surface area contributed by atoms with E-state index in [9.17, 15) is 5.11 Å². The predicted molar refractivity (Wildman–Crippen MR) is 63.0 cm³/mol. The van der Waals surface area contributed by atoms with Crippen molar-refractivity contribution in [1.82, 2.24) is 9.55 Å². The maximum atomic E-state index is 9.40. The smallest absolute Gasteiger partial charge is 0.0776 e. The number of aryl methyl sites for hydroxylation is 2. The Morgan fingerprint density at radius 2 is 2.06 bits per heavy atom. The van der Waals surface area contributed by atoms with Crippen LogP contribution in [0.15, 0.2) is 43.0 Å². The molecule has 3 heteroatoms. The largest absolute Gasteiger partial charge is 0.389 e. The van der Waals surface area contributed by atoms with Crippen LogP contribution < -0.4 is 0 Å². The minimum atomic E-state index is -0.387. The lowest BCUT2D eigenvalue weighted by molar-refractivity contribution is 0.199. The van der Waals surface area contributed by atoms with E-state index < -0.39 is 0 Å². The molecule has 0 bridgehead atoms. The van der Waals surface area contributed by atoms with Gasteiger partial charge in [-0.2, -0.15) is 0 Å². The zero-order valence-electron chi connectivity index (χ0n) is 9.37. The first-order chi connectivity index (χ1) is 7.75. The van der Waals surface area contributed by atoms with Gasteiger partial charge >= 0.3 is 0 Å². The average Bonchev–Trinajstić information content (AvgIpc) is 2.76. The van der Waals surface area contributed by atoms with E-state index in [1.165, 1.54) is 5.56 Å². The Bertz CT molecular complexity index is 434. The molecule has 0 aliphatic carbocycles. The van der Waals surface area contributed by atoms with Crippen molar-refractivity contribution in [1.29, 1.82) is 0 Å². The van der Waals surface area contributed by atoms with Gasteiger partial charge in [0.25, 0.3) is 0 Å². The highest BCUT2D eigenvalue weighted by Gasteiger charge is 2.02. The summed E-state index contributed by atoms with van der Waals surface area (Å²) in [4.78, 5) is 3.99. The molecule has 3 nitrogen and oxygen atoms in total. The number of rotatable bonds is 4. The van der Waals surface area contributed by atoms with Gasteiger partial charge in [0.2, 0.25) is 0 Å². The maximum Gasteiger partial charge on any atom is 0.0776 e. The van der Waals surface area contributed by atoms with Gasteiger partial charge in [-0.15, -0.1) is 0 Å². The molecule has 0 saturated carbocycles. The highest BCUT2D eigenvalue weighted by molar-refractivity contribution is 5.14. The topological polar surface area (TPSA) is 38.0 Å². The SMILES string of the molecule is CC(O)c1ccn(CCc2ccncc2)c1. The standard InChI is InChI=1S/C13H16N2O/c1-11(16)13-5-9-15(10-13)8-4-12-2-6-14-7-3-12/h2-3,5-7,9-11,16H,4,8H2,1H3. The molecular formula is C13H16N2O. The summed E-state index contributed by atoms with van der Waals surface area (Å²) < 4.78 is 2.10. The minimum Gasteiger partial charge on any atom is -0.389 e. The van der Waals surface area contributed by atoms with Crippen LogP contribution in [0.4, 0.5) is 0 Å². The van der Waals surface area contributed by atoms with Crippen molar-refractivity contribution in [2.24, 2.45) is 0 Å². The molecule has 0 radical (unpaired) electrons. The van der Waals surface area contributed by atoms with Gasteiger partial charge in [-0.25, -0.2) is 0 Å². The zero-order valence-corrected chi connectivity index (χ0v) is 9.37. The number of hydrogen-bond acceptors (Lipinski definition) is 2. The molecule has 1 N–H and O–H groups in total. The molecule has 1 atom stereocenters. The van der Waals surface area contributed by atoms with Crippen LogP contribution in [0.3, 0.4) is 0 Å². The normalized spacial score (nSPS) is 12.6. The molecule has 0 aliphatic heterocycles. The highest BCUT2D eigenvalue weighted by Crippen LogP contribution is 2.12. The number of hydrogen-bond donors (Lipinski definition) is 1. The third-order valence-electron chi connectivity index (χ3n) is 2.66. The Morgan fingerprint density at radius 1 is 1.31 bits per heavy atom. The van der Waals surface area contributed by atoms with E-state index in [4.69, 9.17) is 0 Å². The summed E-state index contributed by atoms with van der Waals surface area (Å²) in [6.07, 6.45) is 8.21. The summed E-state index contributed by atoms with van der Waals surface area (Å²) in [6.45, 7) is 2.71. The van der Waals surface area contributed by atoms with Crippen LogP contribution in [0.1, 0.15) is 24.2 Å². The number of nitrogens with zero attached hydrogens (tertiary/aromatic N) is 2. The van der Waals surface area contributed by atoms with Crippen LogP contribution in [0, 0.1) is 0 Å². The van der Waals surface area contributed by atoms with Crippen LogP contribution in [0.25, 0.3) is 0 Å². The van der Waals surface area contributed by atoms with Crippen molar-refractivity contribution in [3.05, 3.63) is 54.1 Å². The summed E-state index contributed by atoms with van der Waals surface area (Å²) in [5, 5.41) is 9.40. The fourth-order valence-electron chi connectivity index (χ4n) is 1.65. The molecule has 1 unspecified atom stereocenters. The molecule has 0 fully saturated rings. The fraction of sp³-hybridized carbons (Fsp3) is 0.308. The zero-order chi connectivity index (χ0) is 11.4. The van der Waals surface area contributed by atoms with Crippen molar-refractivity contribution in [3.63, 3.8) is 0 Å². The van der Waals surface area contributed by atoms with Gasteiger partial charge in [0.1, 0.15) is 0 Å². The summed E-state index contributed by atoms with van der Waals surface area (Å²) in [6, 6.07) is 6.01. The summed E-state index contributed by atoms with van der Waals surface area (Å²) in [5.41, 5.74) is 2.25. The Kier molecular flexibility index (Phi) is 3.37. The van der Waals surface area contributed by atoms with Crippen LogP contribution in [0.2, 0.25) is 0 Å². The highest BCUT2D eigenvalue weighted by atomic mass is 16.3. The van der Waals surface area contributed by atoms with Gasteiger partial charge in [0.15, 0.2) is 0 Å². The van der Waals surface area contributed by atoms with E-state index in [1.54, 1.807) is 6.92 Å². The molecular weight excluding hydrogens is 200 g/mol. The predicted octanol–water partition coefficient (Wildman–Crippen LogP) is 2.18. The Hall–Kier alpha value is -1.61. The quantitative estimate of drug-likeness (QED) is 0.850. The van der Waals surface area contributed by atoms with E-state index in [0.29, 0.717) is 0 Å². The summed E-state index contributed by atoms with van der Waals surface area (Å²) in [5.74, 6) is 0. The number of aromatic nitrogens is 2. The van der Waals surface area contributed by atoms with Gasteiger partial charge in [-0.05, 0) is 42.7 Å². The first-order valence-corrected chi connectivity index (χ1v) is 5.48. The van der Waals surface area contributed by atoms with Crippen LogP contribution in [-0.4, -0.2) is 14.7 Å². The average molecular weight is 216 g/mol. The molecule has 0 amide bonds. The summed E-state index contributed by atoms with van der Waals surface area (Å²) >= 11 is 0. The molecule has 0 saturated heterocycles. The van der Waals surface area contributed by atoms with Crippen LogP contribution in [-0.2, 0) is 13.0 Å². The third kappa shape index (κ3) is 2.70. The molecule has 2 aromatic heterocycles. The molecule has 16 heavy (non-hydrogen) atoms. The third-order valence-corrected chi connectivity index (χ3v) is 2.66. The van der Waals surface area contributed by atoms with Gasteiger partial charge in [0, 0.05) is 31.3 Å². The van der Waals surface area contributed by atoms with Gasteiger partial charge < -0.3 is 9.67 Å². The number of aliphatic hydroxyl groups is 1. The van der Waals surface area contributed by atoms with Crippen molar-refractivity contribution in [2.75, 3.05) is 0 Å². The molecule has 84 valence electrons. The Morgan fingerprint density at radius 3 is 2.69 bits per heavy atom. The van der Waals surface area contributed by atoms with Crippen molar-refractivity contribution < 1.29 is 5.11 Å². The molecule has 0 spiro atoms. The van der Waals surface area contributed by atoms with Gasteiger partial charge in [-0.3, -0.25) is 4.98 Å². The van der Waals surface area contributed by atoms with Crippen LogP contribution >= 0.6 is 0 Å². The molecule has 2 heterocycles. The van der Waals surface area contributed by atoms with Crippen LogP contribution in [0.5, 0.6) is 0 Å². The van der Waals surface area contributed by atoms with E-state index in [2.05, 4.69) is 9.55 Å².